The van der Waals surface area contributed by atoms with E-state index in [-0.39, 0.29) is 10.9 Å². The summed E-state index contributed by atoms with van der Waals surface area (Å²) in [5, 5.41) is 2.90. The number of anilines is 1. The molecule has 0 aliphatic carbocycles. The summed E-state index contributed by atoms with van der Waals surface area (Å²) in [7, 11) is 0. The third-order valence-electron chi connectivity index (χ3n) is 2.20. The molecule has 0 saturated carbocycles. The van der Waals surface area contributed by atoms with Crippen molar-refractivity contribution in [3.63, 3.8) is 0 Å². The Bertz CT molecular complexity index is 574. The van der Waals surface area contributed by atoms with E-state index in [2.05, 4.69) is 5.32 Å². The molecule has 0 amide bonds. The summed E-state index contributed by atoms with van der Waals surface area (Å²) in [6.07, 6.45) is 0. The van der Waals surface area contributed by atoms with Crippen molar-refractivity contribution in [2.45, 2.75) is 0 Å². The Morgan fingerprint density at radius 3 is 2.33 bits per heavy atom. The molecule has 0 spiro atoms. The third kappa shape index (κ3) is 2.95. The molecule has 5 heteroatoms. The third-order valence-corrected chi connectivity index (χ3v) is 2.30. The predicted molar refractivity (Wildman–Crippen MR) is 73.3 cm³/mol. The molecule has 0 aliphatic heterocycles. The highest BCUT2D eigenvalue weighted by atomic mass is 32.1. The molecule has 0 saturated heterocycles. The van der Waals surface area contributed by atoms with Crippen molar-refractivity contribution in [2.75, 3.05) is 5.32 Å². The average molecular weight is 262 g/mol. The van der Waals surface area contributed by atoms with Gasteiger partial charge >= 0.3 is 0 Å². The van der Waals surface area contributed by atoms with Crippen molar-refractivity contribution in [1.29, 1.82) is 0 Å². The van der Waals surface area contributed by atoms with Crippen LogP contribution in [0.3, 0.4) is 0 Å². The van der Waals surface area contributed by atoms with Gasteiger partial charge in [0.2, 0.25) is 0 Å². The van der Waals surface area contributed by atoms with Gasteiger partial charge in [0, 0.05) is 0 Å². The van der Waals surface area contributed by atoms with Crippen LogP contribution in [0, 0.1) is 5.82 Å². The van der Waals surface area contributed by atoms with E-state index in [0.717, 1.165) is 0 Å². The number of thiocarbonyl (C=S) groups is 1. The normalized spacial score (nSPS) is 9.83. The molecule has 2 aromatic carbocycles. The van der Waals surface area contributed by atoms with Crippen LogP contribution in [0.4, 0.5) is 10.1 Å². The van der Waals surface area contributed by atoms with Crippen LogP contribution < -0.4 is 15.8 Å². The summed E-state index contributed by atoms with van der Waals surface area (Å²) in [5.74, 6) is 0.174. The van der Waals surface area contributed by atoms with Gasteiger partial charge in [0.1, 0.15) is 0 Å². The first-order valence-electron chi connectivity index (χ1n) is 5.24. The van der Waals surface area contributed by atoms with E-state index in [9.17, 15) is 4.39 Å². The molecular weight excluding hydrogens is 251 g/mol. The number of hydrogen-bond donors (Lipinski definition) is 2. The van der Waals surface area contributed by atoms with E-state index in [1.54, 1.807) is 42.5 Å². The second kappa shape index (κ2) is 5.46. The zero-order valence-corrected chi connectivity index (χ0v) is 10.2. The van der Waals surface area contributed by atoms with E-state index in [0.29, 0.717) is 11.4 Å². The van der Waals surface area contributed by atoms with E-state index in [1.807, 2.05) is 0 Å². The summed E-state index contributed by atoms with van der Waals surface area (Å²) < 4.78 is 19.0. The van der Waals surface area contributed by atoms with E-state index in [1.165, 1.54) is 6.07 Å². The van der Waals surface area contributed by atoms with Gasteiger partial charge in [0.25, 0.3) is 0 Å². The minimum atomic E-state index is -0.428. The fraction of sp³-hybridized carbons (Fsp3) is 0. The Morgan fingerprint density at radius 1 is 1.06 bits per heavy atom. The number of nitrogens with two attached hydrogens (primary N) is 1. The topological polar surface area (TPSA) is 47.3 Å². The lowest BCUT2D eigenvalue weighted by Gasteiger charge is -2.12. The van der Waals surface area contributed by atoms with Crippen molar-refractivity contribution in [3.05, 3.63) is 54.3 Å². The Morgan fingerprint density at radius 2 is 1.67 bits per heavy atom. The van der Waals surface area contributed by atoms with Crippen molar-refractivity contribution >= 4 is 23.0 Å². The Balaban J connectivity index is 2.29. The molecule has 0 atom stereocenters. The fourth-order valence-corrected chi connectivity index (χ4v) is 1.55. The van der Waals surface area contributed by atoms with Crippen LogP contribution in [0.2, 0.25) is 0 Å². The fourth-order valence-electron chi connectivity index (χ4n) is 1.44. The molecule has 0 radical (unpaired) electrons. The van der Waals surface area contributed by atoms with Crippen LogP contribution in [0.25, 0.3) is 0 Å². The summed E-state index contributed by atoms with van der Waals surface area (Å²) >= 11 is 4.76. The van der Waals surface area contributed by atoms with Crippen LogP contribution in [-0.4, -0.2) is 5.11 Å². The van der Waals surface area contributed by atoms with Gasteiger partial charge in [-0.2, -0.15) is 0 Å². The van der Waals surface area contributed by atoms with Gasteiger partial charge in [0.15, 0.2) is 22.4 Å². The number of rotatable bonds is 3. The molecule has 2 rings (SSSR count). The van der Waals surface area contributed by atoms with Crippen LogP contribution in [0.5, 0.6) is 11.5 Å². The lowest BCUT2D eigenvalue weighted by atomic mass is 10.3. The number of halogens is 1. The molecule has 0 aliphatic rings. The van der Waals surface area contributed by atoms with Crippen LogP contribution in [0.15, 0.2) is 48.5 Å². The quantitative estimate of drug-likeness (QED) is 0.833. The molecule has 0 unspecified atom stereocenters. The number of nitrogens with one attached hydrogen (secondary N) is 1. The predicted octanol–water partition coefficient (Wildman–Crippen LogP) is 3.27. The summed E-state index contributed by atoms with van der Waals surface area (Å²) in [6.45, 7) is 0. The van der Waals surface area contributed by atoms with Gasteiger partial charge in [-0.25, -0.2) is 4.39 Å². The maximum absolute atomic E-state index is 13.5. The van der Waals surface area contributed by atoms with Gasteiger partial charge in [0.05, 0.1) is 5.69 Å². The highest BCUT2D eigenvalue weighted by Crippen LogP contribution is 2.30. The molecule has 3 N–H and O–H groups in total. The smallest absolute Gasteiger partial charge is 0.168 e. The van der Waals surface area contributed by atoms with Crippen molar-refractivity contribution in [3.8, 4) is 11.5 Å². The second-order valence-corrected chi connectivity index (χ2v) is 3.96. The minimum Gasteiger partial charge on any atom is -0.452 e. The second-order valence-electron chi connectivity index (χ2n) is 3.52. The Kier molecular flexibility index (Phi) is 3.74. The molecule has 0 heterocycles. The first-order chi connectivity index (χ1) is 8.66. The monoisotopic (exact) mass is 262 g/mol. The minimum absolute atomic E-state index is 0.125. The highest BCUT2D eigenvalue weighted by molar-refractivity contribution is 7.80. The number of benzene rings is 2. The van der Waals surface area contributed by atoms with Gasteiger partial charge in [-0.3, -0.25) is 0 Å². The van der Waals surface area contributed by atoms with Crippen LogP contribution in [-0.2, 0) is 0 Å². The van der Waals surface area contributed by atoms with Gasteiger partial charge in [-0.15, -0.1) is 0 Å². The van der Waals surface area contributed by atoms with Crippen molar-refractivity contribution in [1.82, 2.24) is 0 Å². The molecule has 0 bridgehead atoms. The molecule has 18 heavy (non-hydrogen) atoms. The maximum atomic E-state index is 13.5. The molecule has 0 fully saturated rings. The largest absolute Gasteiger partial charge is 0.452 e. The summed E-state index contributed by atoms with van der Waals surface area (Å²) in [6, 6.07) is 13.2. The molecular formula is C13H11FN2OS. The van der Waals surface area contributed by atoms with Gasteiger partial charge in [-0.05, 0) is 36.5 Å². The first-order valence-corrected chi connectivity index (χ1v) is 5.65. The number of para-hydroxylation sites is 3. The zero-order valence-electron chi connectivity index (χ0n) is 9.39. The van der Waals surface area contributed by atoms with Crippen molar-refractivity contribution < 1.29 is 9.13 Å². The standard InChI is InChI=1S/C13H11FN2OS/c14-9-5-1-3-7-11(9)17-12-8-4-2-6-10(12)16-13(15)18/h1-8H,(H3,15,16,18). The molecule has 0 aromatic heterocycles. The molecule has 2 aromatic rings. The maximum Gasteiger partial charge on any atom is 0.168 e. The lowest BCUT2D eigenvalue weighted by Crippen LogP contribution is -2.19. The van der Waals surface area contributed by atoms with Gasteiger partial charge < -0.3 is 15.8 Å². The highest BCUT2D eigenvalue weighted by Gasteiger charge is 2.07. The summed E-state index contributed by atoms with van der Waals surface area (Å²) in [4.78, 5) is 0. The Labute approximate surface area is 109 Å². The van der Waals surface area contributed by atoms with Crippen LogP contribution >= 0.6 is 12.2 Å². The van der Waals surface area contributed by atoms with Gasteiger partial charge in [-0.1, -0.05) is 24.3 Å². The van der Waals surface area contributed by atoms with E-state index >= 15 is 0 Å². The molecule has 3 nitrogen and oxygen atoms in total. The SMILES string of the molecule is NC(=S)Nc1ccccc1Oc1ccccc1F. The zero-order chi connectivity index (χ0) is 13.0. The van der Waals surface area contributed by atoms with E-state index < -0.39 is 5.82 Å². The number of ether oxygens (including phenoxy) is 1. The molecule has 92 valence electrons. The average Bonchev–Trinajstić information content (AvgIpc) is 2.34. The number of hydrogen-bond acceptors (Lipinski definition) is 2. The summed E-state index contributed by atoms with van der Waals surface area (Å²) in [5.41, 5.74) is 6.00. The lowest BCUT2D eigenvalue weighted by molar-refractivity contribution is 0.444. The van der Waals surface area contributed by atoms with Crippen LogP contribution in [0.1, 0.15) is 0 Å². The Hall–Kier alpha value is -2.14. The van der Waals surface area contributed by atoms with Crippen molar-refractivity contribution in [2.24, 2.45) is 5.73 Å². The van der Waals surface area contributed by atoms with E-state index in [4.69, 9.17) is 22.7 Å². The first kappa shape index (κ1) is 12.3.